The number of nitrogens with one attached hydrogen (secondary N) is 1. The number of rotatable bonds is 8. The molecular weight excluding hydrogens is 530 g/mol. The number of hydrogen-bond acceptors (Lipinski definition) is 8. The lowest BCUT2D eigenvalue weighted by molar-refractivity contribution is -0.143. The van der Waals surface area contributed by atoms with Gasteiger partial charge in [0.25, 0.3) is 5.91 Å². The van der Waals surface area contributed by atoms with Gasteiger partial charge in [-0.25, -0.2) is 14.6 Å². The third kappa shape index (κ3) is 6.82. The summed E-state index contributed by atoms with van der Waals surface area (Å²) in [5.41, 5.74) is 8.91. The summed E-state index contributed by atoms with van der Waals surface area (Å²) in [6, 6.07) is 10.7. The number of carboxylic acids is 1. The molecule has 11 heteroatoms. The van der Waals surface area contributed by atoms with Crippen molar-refractivity contribution in [1.29, 1.82) is 0 Å². The van der Waals surface area contributed by atoms with E-state index in [1.54, 1.807) is 20.8 Å². The first-order valence-electron chi connectivity index (χ1n) is 13.5. The van der Waals surface area contributed by atoms with Gasteiger partial charge >= 0.3 is 12.1 Å². The van der Waals surface area contributed by atoms with Gasteiger partial charge in [0, 0.05) is 42.9 Å². The van der Waals surface area contributed by atoms with Crippen molar-refractivity contribution in [1.82, 2.24) is 15.2 Å². The molecule has 2 amide bonds. The quantitative estimate of drug-likeness (QED) is 0.366. The van der Waals surface area contributed by atoms with Crippen molar-refractivity contribution in [2.45, 2.75) is 58.6 Å². The topological polar surface area (TPSA) is 138 Å². The highest BCUT2D eigenvalue weighted by atomic mass is 32.1. The van der Waals surface area contributed by atoms with Crippen LogP contribution in [0.5, 0.6) is 0 Å². The number of nitrogens with two attached hydrogens (primary N) is 1. The van der Waals surface area contributed by atoms with E-state index in [1.165, 1.54) is 16.2 Å². The highest BCUT2D eigenvalue weighted by molar-refractivity contribution is 7.21. The minimum Gasteiger partial charge on any atom is -0.480 e. The molecule has 4 N–H and O–H groups in total. The fourth-order valence-corrected chi connectivity index (χ4v) is 5.67. The first-order valence-corrected chi connectivity index (χ1v) is 14.3. The summed E-state index contributed by atoms with van der Waals surface area (Å²) in [7, 11) is 0. The summed E-state index contributed by atoms with van der Waals surface area (Å²) in [6.07, 6.45) is 1.89. The molecule has 0 aliphatic carbocycles. The molecule has 0 radical (unpaired) electrons. The molecule has 0 spiro atoms. The van der Waals surface area contributed by atoms with Crippen LogP contribution in [0, 0.1) is 0 Å². The largest absolute Gasteiger partial charge is 0.480 e. The number of benzene rings is 1. The summed E-state index contributed by atoms with van der Waals surface area (Å²) in [6.45, 7) is 8.70. The van der Waals surface area contributed by atoms with Crippen molar-refractivity contribution < 1.29 is 24.2 Å². The number of nitrogen functional groups attached to an aromatic ring is 1. The van der Waals surface area contributed by atoms with Gasteiger partial charge in [-0.05, 0) is 63.4 Å². The van der Waals surface area contributed by atoms with Gasteiger partial charge in [0.2, 0.25) is 0 Å². The molecule has 3 aromatic rings. The zero-order chi connectivity index (χ0) is 29.0. The minimum atomic E-state index is -1.07. The van der Waals surface area contributed by atoms with Gasteiger partial charge in [-0.1, -0.05) is 25.5 Å². The Hall–Kier alpha value is -3.86. The highest BCUT2D eigenvalue weighted by Crippen LogP contribution is 2.32. The Kier molecular flexibility index (Phi) is 8.82. The summed E-state index contributed by atoms with van der Waals surface area (Å²) in [5, 5.41) is 13.5. The number of fused-ring (bicyclic) bond motifs is 1. The first-order chi connectivity index (χ1) is 19.0. The molecule has 1 aliphatic heterocycles. The Morgan fingerprint density at radius 2 is 1.85 bits per heavy atom. The van der Waals surface area contributed by atoms with E-state index < -0.39 is 23.7 Å². The van der Waals surface area contributed by atoms with Crippen molar-refractivity contribution >= 4 is 50.9 Å². The molecule has 3 heterocycles. The number of carbonyl (C=O) groups is 3. The van der Waals surface area contributed by atoms with Crippen molar-refractivity contribution in [3.8, 4) is 0 Å². The fraction of sp³-hybridized carbons (Fsp3) is 0.448. The number of ether oxygens (including phenoxy) is 1. The van der Waals surface area contributed by atoms with Gasteiger partial charge < -0.3 is 25.8 Å². The van der Waals surface area contributed by atoms with E-state index in [4.69, 9.17) is 10.5 Å². The number of hydrogen-bond donors (Lipinski definition) is 3. The van der Waals surface area contributed by atoms with Crippen LogP contribution in [0.2, 0.25) is 0 Å². The predicted molar refractivity (Wildman–Crippen MR) is 157 cm³/mol. The van der Waals surface area contributed by atoms with Crippen molar-refractivity contribution in [3.05, 3.63) is 52.5 Å². The van der Waals surface area contributed by atoms with E-state index in [9.17, 15) is 19.5 Å². The van der Waals surface area contributed by atoms with Crippen LogP contribution < -0.4 is 16.0 Å². The molecule has 1 aliphatic rings. The average Bonchev–Trinajstić information content (AvgIpc) is 3.23. The van der Waals surface area contributed by atoms with E-state index >= 15 is 0 Å². The number of piperazine rings is 1. The van der Waals surface area contributed by atoms with Crippen molar-refractivity contribution in [2.24, 2.45) is 0 Å². The molecule has 4 rings (SSSR count). The molecule has 2 aromatic heterocycles. The lowest BCUT2D eigenvalue weighted by atomic mass is 10.1. The third-order valence-corrected chi connectivity index (χ3v) is 7.77. The number of aryl methyl sites for hydroxylation is 1. The van der Waals surface area contributed by atoms with Gasteiger partial charge in [-0.15, -0.1) is 11.3 Å². The predicted octanol–water partition coefficient (Wildman–Crippen LogP) is 4.31. The molecule has 1 aromatic carbocycles. The van der Waals surface area contributed by atoms with E-state index in [0.29, 0.717) is 30.1 Å². The Morgan fingerprint density at radius 3 is 2.50 bits per heavy atom. The monoisotopic (exact) mass is 567 g/mol. The second kappa shape index (κ2) is 12.1. The van der Waals surface area contributed by atoms with E-state index in [1.807, 2.05) is 41.3 Å². The third-order valence-electron chi connectivity index (χ3n) is 6.66. The molecule has 1 fully saturated rings. The van der Waals surface area contributed by atoms with Crippen LogP contribution in [0.1, 0.15) is 55.0 Å². The van der Waals surface area contributed by atoms with E-state index in [-0.39, 0.29) is 19.0 Å². The molecular formula is C29H37N5O5S. The highest BCUT2D eigenvalue weighted by Gasteiger charge is 2.37. The maximum atomic E-state index is 12.8. The molecule has 1 atom stereocenters. The van der Waals surface area contributed by atoms with Crippen LogP contribution in [-0.4, -0.2) is 70.8 Å². The number of carbonyl (C=O) groups excluding carboxylic acids is 2. The zero-order valence-corrected chi connectivity index (χ0v) is 24.2. The number of anilines is 2. The molecule has 1 unspecified atom stereocenters. The molecule has 214 valence electrons. The van der Waals surface area contributed by atoms with Gasteiger partial charge in [-0.3, -0.25) is 9.69 Å². The lowest BCUT2D eigenvalue weighted by Crippen LogP contribution is -2.59. The van der Waals surface area contributed by atoms with Gasteiger partial charge in [0.15, 0.2) is 0 Å². The molecule has 1 saturated heterocycles. The Bertz CT molecular complexity index is 1380. The van der Waals surface area contributed by atoms with Crippen LogP contribution in [0.4, 0.5) is 16.2 Å². The Labute approximate surface area is 238 Å². The molecule has 0 bridgehead atoms. The summed E-state index contributed by atoms with van der Waals surface area (Å²) < 4.78 is 5.40. The first kappa shape index (κ1) is 29.1. The van der Waals surface area contributed by atoms with Crippen LogP contribution in [0.25, 0.3) is 10.2 Å². The minimum absolute atomic E-state index is 0.162. The standard InChI is InChI=1S/C29H37N5O5S/c1-5-6-19-9-12-21-23(30)24(40-26(21)32-19)25(35)31-14-13-18-7-10-20(11-8-18)33-15-16-34(22(17-33)27(36)37)28(38)39-29(2,3)4/h7-12,22H,5-6,13-17,30H2,1-4H3,(H,31,35)(H,36,37). The maximum Gasteiger partial charge on any atom is 0.411 e. The van der Waals surface area contributed by atoms with Crippen molar-refractivity contribution in [2.75, 3.05) is 36.8 Å². The summed E-state index contributed by atoms with van der Waals surface area (Å²) in [4.78, 5) is 46.4. The van der Waals surface area contributed by atoms with Gasteiger partial charge in [0.05, 0.1) is 5.69 Å². The molecule has 0 saturated carbocycles. The summed E-state index contributed by atoms with van der Waals surface area (Å²) >= 11 is 1.31. The second-order valence-electron chi connectivity index (χ2n) is 10.9. The van der Waals surface area contributed by atoms with Crippen LogP contribution in [0.3, 0.4) is 0 Å². The number of nitrogens with zero attached hydrogens (tertiary/aromatic N) is 3. The molecule has 10 nitrogen and oxygen atoms in total. The number of aromatic nitrogens is 1. The van der Waals surface area contributed by atoms with Crippen LogP contribution in [-0.2, 0) is 22.4 Å². The summed E-state index contributed by atoms with van der Waals surface area (Å²) in [5.74, 6) is -1.28. The number of amides is 2. The Morgan fingerprint density at radius 1 is 1.12 bits per heavy atom. The fourth-order valence-electron chi connectivity index (χ4n) is 4.64. The van der Waals surface area contributed by atoms with Gasteiger partial charge in [-0.2, -0.15) is 0 Å². The van der Waals surface area contributed by atoms with E-state index in [2.05, 4.69) is 17.2 Å². The number of aliphatic carboxylic acids is 1. The lowest BCUT2D eigenvalue weighted by Gasteiger charge is -2.40. The average molecular weight is 568 g/mol. The van der Waals surface area contributed by atoms with Crippen molar-refractivity contribution in [3.63, 3.8) is 0 Å². The van der Waals surface area contributed by atoms with Gasteiger partial charge in [0.1, 0.15) is 21.4 Å². The normalized spacial score (nSPS) is 15.8. The maximum absolute atomic E-state index is 12.8. The SMILES string of the molecule is CCCc1ccc2c(N)c(C(=O)NCCc3ccc(N4CCN(C(=O)OC(C)(C)C)C(C(=O)O)C4)cc3)sc2n1. The van der Waals surface area contributed by atoms with Crippen LogP contribution in [0.15, 0.2) is 36.4 Å². The number of thiophene rings is 1. The number of pyridine rings is 1. The number of carboxylic acid groups (broad SMARTS) is 1. The van der Waals surface area contributed by atoms with Crippen LogP contribution >= 0.6 is 11.3 Å². The smallest absolute Gasteiger partial charge is 0.411 e. The zero-order valence-electron chi connectivity index (χ0n) is 23.4. The molecule has 40 heavy (non-hydrogen) atoms. The second-order valence-corrected chi connectivity index (χ2v) is 11.9. The van der Waals surface area contributed by atoms with E-state index in [0.717, 1.165) is 40.0 Å². The Balaban J connectivity index is 1.33.